The van der Waals surface area contributed by atoms with Crippen molar-refractivity contribution in [3.05, 3.63) is 182 Å². The molecule has 0 N–H and O–H groups in total. The summed E-state index contributed by atoms with van der Waals surface area (Å²) in [5, 5.41) is 1.08. The number of benzene rings is 9. The normalized spacial score (nSPS) is 16.5. The van der Waals surface area contributed by atoms with Crippen molar-refractivity contribution in [3.63, 3.8) is 0 Å². The van der Waals surface area contributed by atoms with Crippen LogP contribution in [0.25, 0.3) is 98.8 Å². The van der Waals surface area contributed by atoms with E-state index in [0.717, 1.165) is 21.9 Å². The zero-order valence-electron chi connectivity index (χ0n) is 42.4. The third-order valence-corrected chi connectivity index (χ3v) is 8.87. The summed E-state index contributed by atoms with van der Waals surface area (Å²) >= 11 is 0. The van der Waals surface area contributed by atoms with Gasteiger partial charge in [0, 0.05) is 10.8 Å². The fourth-order valence-corrected chi connectivity index (χ4v) is 6.78. The average molecular weight is 640 g/mol. The second kappa shape index (κ2) is 11.1. The Morgan fingerprint density at radius 2 is 1.00 bits per heavy atom. The Morgan fingerprint density at radius 1 is 0.388 bits per heavy atom. The first kappa shape index (κ1) is 15.6. The Bertz CT molecular complexity index is 3740. The Kier molecular flexibility index (Phi) is 3.54. The highest BCUT2D eigenvalue weighted by atomic mass is 16.3. The fourth-order valence-electron chi connectivity index (χ4n) is 6.78. The first-order valence-electron chi connectivity index (χ1n) is 24.0. The Morgan fingerprint density at radius 3 is 1.78 bits per heavy atom. The summed E-state index contributed by atoms with van der Waals surface area (Å²) in [5.41, 5.74) is 0.599. The highest BCUT2D eigenvalue weighted by Crippen LogP contribution is 2.45. The number of fused-ring (bicyclic) bond motifs is 6. The van der Waals surface area contributed by atoms with E-state index in [0.29, 0.717) is 21.9 Å². The van der Waals surface area contributed by atoms with E-state index in [1.54, 1.807) is 18.2 Å². The molecule has 0 atom stereocenters. The van der Waals surface area contributed by atoms with Crippen molar-refractivity contribution < 1.29 is 27.7 Å². The molecule has 10 rings (SSSR count). The van der Waals surface area contributed by atoms with Gasteiger partial charge in [-0.25, -0.2) is 0 Å². The van der Waals surface area contributed by atoms with Gasteiger partial charge in [0.25, 0.3) is 0 Å². The first-order chi connectivity index (χ1) is 31.4. The Labute approximate surface area is 308 Å². The molecule has 0 aliphatic rings. The molecule has 0 unspecified atom stereocenters. The Balaban J connectivity index is 1.37. The third-order valence-electron chi connectivity index (χ3n) is 8.87. The molecule has 0 saturated carbocycles. The van der Waals surface area contributed by atoms with Crippen LogP contribution in [0.15, 0.2) is 186 Å². The maximum Gasteiger partial charge on any atom is 0.136 e. The predicted molar refractivity (Wildman–Crippen MR) is 208 cm³/mol. The van der Waals surface area contributed by atoms with Crippen molar-refractivity contribution in [2.75, 3.05) is 0 Å². The summed E-state index contributed by atoms with van der Waals surface area (Å²) in [6, 6.07) is 11.4. The van der Waals surface area contributed by atoms with Gasteiger partial charge in [0.1, 0.15) is 11.2 Å². The lowest BCUT2D eigenvalue weighted by Gasteiger charge is -2.18. The topological polar surface area (TPSA) is 13.1 Å². The van der Waals surface area contributed by atoms with Crippen molar-refractivity contribution in [1.29, 1.82) is 0 Å². The van der Waals surface area contributed by atoms with Crippen LogP contribution in [0.2, 0.25) is 0 Å². The predicted octanol–water partition coefficient (Wildman–Crippen LogP) is 13.7. The zero-order chi connectivity index (χ0) is 47.1. The van der Waals surface area contributed by atoms with Crippen molar-refractivity contribution >= 4 is 54.3 Å². The van der Waals surface area contributed by atoms with Gasteiger partial charge in [-0.15, -0.1) is 0 Å². The van der Waals surface area contributed by atoms with Crippen LogP contribution in [0, 0.1) is 0 Å². The summed E-state index contributed by atoms with van der Waals surface area (Å²) in [6.07, 6.45) is 0. The van der Waals surface area contributed by atoms with Crippen molar-refractivity contribution in [3.8, 4) is 44.5 Å². The summed E-state index contributed by atoms with van der Waals surface area (Å²) in [7, 11) is 0. The molecule has 0 radical (unpaired) electrons. The van der Waals surface area contributed by atoms with Crippen LogP contribution < -0.4 is 0 Å². The van der Waals surface area contributed by atoms with Crippen LogP contribution in [-0.4, -0.2) is 0 Å². The van der Waals surface area contributed by atoms with Crippen LogP contribution >= 0.6 is 0 Å². The molecular formula is C48H30O. The van der Waals surface area contributed by atoms with E-state index in [1.807, 2.05) is 60.7 Å². The van der Waals surface area contributed by atoms with Gasteiger partial charge in [0.2, 0.25) is 0 Å². The van der Waals surface area contributed by atoms with Gasteiger partial charge in [0.15, 0.2) is 0 Å². The first-order valence-corrected chi connectivity index (χ1v) is 15.5. The molecule has 0 bridgehead atoms. The van der Waals surface area contributed by atoms with Crippen LogP contribution in [0.3, 0.4) is 0 Å². The van der Waals surface area contributed by atoms with Crippen LogP contribution in [-0.2, 0) is 0 Å². The molecule has 0 aliphatic carbocycles. The van der Waals surface area contributed by atoms with E-state index in [1.165, 1.54) is 0 Å². The number of rotatable bonds is 4. The minimum Gasteiger partial charge on any atom is -0.456 e. The highest BCUT2D eigenvalue weighted by molar-refractivity contribution is 6.22. The monoisotopic (exact) mass is 639 g/mol. The molecule has 10 aromatic rings. The molecule has 228 valence electrons. The minimum absolute atomic E-state index is 0.185. The standard InChI is InChI=1S/C48H30O/c1-2-14-32(15-3-1)46-39-20-6-8-22-41(39)47(42-23-9-7-21-40(42)46)35-18-10-17-33(29-35)38-25-12-26-44-48(38)43-28-27-34(30-45(43)49-44)37-24-11-16-31-13-4-5-19-36(31)37/h1-30H/i1D,2D,3D,6D,7D,8D,9D,10D,14D,15D,17D,18D,20D,21D,22D,23D,29D. The van der Waals surface area contributed by atoms with Crippen LogP contribution in [0.5, 0.6) is 0 Å². The summed E-state index contributed by atoms with van der Waals surface area (Å²) in [6.45, 7) is 0. The van der Waals surface area contributed by atoms with Gasteiger partial charge in [-0.2, -0.15) is 0 Å². The molecule has 1 heterocycles. The smallest absolute Gasteiger partial charge is 0.136 e. The molecule has 9 aromatic carbocycles. The molecule has 1 nitrogen and oxygen atoms in total. The molecule has 0 aliphatic heterocycles. The zero-order valence-corrected chi connectivity index (χ0v) is 25.4. The quantitative estimate of drug-likeness (QED) is 0.175. The lowest BCUT2D eigenvalue weighted by atomic mass is 9.85. The van der Waals surface area contributed by atoms with Crippen molar-refractivity contribution in [1.82, 2.24) is 0 Å². The van der Waals surface area contributed by atoms with Crippen LogP contribution in [0.1, 0.15) is 23.3 Å². The highest BCUT2D eigenvalue weighted by Gasteiger charge is 2.18. The van der Waals surface area contributed by atoms with E-state index >= 15 is 0 Å². The molecular weight excluding hydrogens is 593 g/mol. The maximum absolute atomic E-state index is 9.95. The van der Waals surface area contributed by atoms with E-state index in [-0.39, 0.29) is 11.1 Å². The van der Waals surface area contributed by atoms with Gasteiger partial charge in [0.05, 0.1) is 23.3 Å². The molecule has 0 fully saturated rings. The largest absolute Gasteiger partial charge is 0.456 e. The summed E-state index contributed by atoms with van der Waals surface area (Å²) in [5.74, 6) is 0. The molecule has 1 aromatic heterocycles. The molecule has 0 spiro atoms. The van der Waals surface area contributed by atoms with Crippen molar-refractivity contribution in [2.45, 2.75) is 0 Å². The average Bonchev–Trinajstić information content (AvgIpc) is 3.70. The third kappa shape index (κ3) is 4.40. The molecule has 49 heavy (non-hydrogen) atoms. The molecule has 0 saturated heterocycles. The fraction of sp³-hybridized carbons (Fsp3) is 0. The number of hydrogen-bond donors (Lipinski definition) is 0. The number of hydrogen-bond acceptors (Lipinski definition) is 1. The van der Waals surface area contributed by atoms with Gasteiger partial charge in [-0.3, -0.25) is 0 Å². The molecule has 1 heteroatoms. The van der Waals surface area contributed by atoms with Gasteiger partial charge >= 0.3 is 0 Å². The molecule has 0 amide bonds. The lowest BCUT2D eigenvalue weighted by molar-refractivity contribution is 0.669. The van der Waals surface area contributed by atoms with E-state index in [4.69, 9.17) is 16.8 Å². The van der Waals surface area contributed by atoms with Gasteiger partial charge in [-0.1, -0.05) is 157 Å². The van der Waals surface area contributed by atoms with Crippen molar-refractivity contribution in [2.24, 2.45) is 0 Å². The second-order valence-corrected chi connectivity index (χ2v) is 11.5. The van der Waals surface area contributed by atoms with Crippen LogP contribution in [0.4, 0.5) is 0 Å². The Hall–Kier alpha value is -6.44. The minimum atomic E-state index is -0.824. The second-order valence-electron chi connectivity index (χ2n) is 11.5. The van der Waals surface area contributed by atoms with Gasteiger partial charge in [-0.05, 0) is 101 Å². The summed E-state index contributed by atoms with van der Waals surface area (Å²) in [4.78, 5) is 0. The lowest BCUT2D eigenvalue weighted by Crippen LogP contribution is -1.91. The van der Waals surface area contributed by atoms with E-state index in [9.17, 15) is 11.0 Å². The number of furan rings is 1. The van der Waals surface area contributed by atoms with E-state index in [2.05, 4.69) is 0 Å². The SMILES string of the molecule is [2H]c1c([2H])c([2H])c(-c2c3c([2H])c([2H])c([2H])c([2H])c3c(-c3c([2H])c([2H])c([2H])c(-c4cccc5oc6cc(-c7cccc8ccccc78)ccc6c45)c3[2H])c3c([2H])c([2H])c([2H])c([2H])c23)c([2H])c1[2H]. The maximum atomic E-state index is 9.95. The van der Waals surface area contributed by atoms with Gasteiger partial charge < -0.3 is 4.42 Å². The summed E-state index contributed by atoms with van der Waals surface area (Å²) < 4.78 is 160. The van der Waals surface area contributed by atoms with E-state index < -0.39 is 147 Å².